The number of nitrogens with one attached hydrogen (secondary N) is 1. The Morgan fingerprint density at radius 2 is 2.06 bits per heavy atom. The fourth-order valence-electron chi connectivity index (χ4n) is 1.34. The Hall–Kier alpha value is -2.05. The summed E-state index contributed by atoms with van der Waals surface area (Å²) in [5, 5.41) is 15.5. The SMILES string of the molecule is CN(Cc1cn[nH]c1)C(=O)N(C)C(C)(C)C(=O)O. The van der Waals surface area contributed by atoms with Gasteiger partial charge in [-0.1, -0.05) is 0 Å². The largest absolute Gasteiger partial charge is 0.480 e. The van der Waals surface area contributed by atoms with Crippen LogP contribution in [0.1, 0.15) is 19.4 Å². The maximum atomic E-state index is 12.1. The van der Waals surface area contributed by atoms with Crippen molar-refractivity contribution < 1.29 is 14.7 Å². The third-order valence-electron chi connectivity index (χ3n) is 2.95. The van der Waals surface area contributed by atoms with Crippen molar-refractivity contribution in [3.05, 3.63) is 18.0 Å². The first-order valence-corrected chi connectivity index (χ1v) is 5.46. The Balaban J connectivity index is 2.72. The van der Waals surface area contributed by atoms with Crippen molar-refractivity contribution in [3.8, 4) is 0 Å². The van der Waals surface area contributed by atoms with E-state index in [1.54, 1.807) is 19.4 Å². The predicted octanol–water partition coefficient (Wildman–Crippen LogP) is 0.756. The highest BCUT2D eigenvalue weighted by Crippen LogP contribution is 2.15. The molecule has 18 heavy (non-hydrogen) atoms. The minimum Gasteiger partial charge on any atom is -0.480 e. The summed E-state index contributed by atoms with van der Waals surface area (Å²) in [6, 6.07) is -0.358. The lowest BCUT2D eigenvalue weighted by Gasteiger charge is -2.34. The minimum atomic E-state index is -1.25. The third-order valence-corrected chi connectivity index (χ3v) is 2.95. The zero-order valence-electron chi connectivity index (χ0n) is 11.0. The summed E-state index contributed by atoms with van der Waals surface area (Å²) in [7, 11) is 3.09. The molecule has 0 aromatic carbocycles. The van der Waals surface area contributed by atoms with E-state index < -0.39 is 11.5 Å². The number of aromatic amines is 1. The van der Waals surface area contributed by atoms with Gasteiger partial charge < -0.3 is 14.9 Å². The Kier molecular flexibility index (Phi) is 3.95. The van der Waals surface area contributed by atoms with Gasteiger partial charge in [0.25, 0.3) is 0 Å². The fraction of sp³-hybridized carbons (Fsp3) is 0.545. The molecule has 2 N–H and O–H groups in total. The van der Waals surface area contributed by atoms with Crippen LogP contribution >= 0.6 is 0 Å². The number of nitrogens with zero attached hydrogens (tertiary/aromatic N) is 3. The molecular formula is C11H18N4O3. The van der Waals surface area contributed by atoms with Crippen molar-refractivity contribution in [3.63, 3.8) is 0 Å². The van der Waals surface area contributed by atoms with Crippen LogP contribution in [0.2, 0.25) is 0 Å². The number of carbonyl (C=O) groups excluding carboxylic acids is 1. The number of likely N-dealkylation sites (N-methyl/N-ethyl adjacent to an activating group) is 1. The highest BCUT2D eigenvalue weighted by atomic mass is 16.4. The van der Waals surface area contributed by atoms with Gasteiger partial charge >= 0.3 is 12.0 Å². The maximum absolute atomic E-state index is 12.1. The molecular weight excluding hydrogens is 236 g/mol. The molecule has 0 unspecified atom stereocenters. The van der Waals surface area contributed by atoms with Gasteiger partial charge in [0.1, 0.15) is 5.54 Å². The zero-order chi connectivity index (χ0) is 13.9. The van der Waals surface area contributed by atoms with Gasteiger partial charge in [0.2, 0.25) is 0 Å². The van der Waals surface area contributed by atoms with E-state index in [1.807, 2.05) is 0 Å². The van der Waals surface area contributed by atoms with Gasteiger partial charge in [-0.2, -0.15) is 5.10 Å². The van der Waals surface area contributed by atoms with E-state index >= 15 is 0 Å². The maximum Gasteiger partial charge on any atom is 0.329 e. The molecule has 0 fully saturated rings. The first kappa shape index (κ1) is 14.0. The summed E-state index contributed by atoms with van der Waals surface area (Å²) in [5.41, 5.74) is -0.394. The number of carbonyl (C=O) groups is 2. The molecule has 0 atom stereocenters. The number of hydrogen-bond donors (Lipinski definition) is 2. The Labute approximate surface area is 105 Å². The van der Waals surface area contributed by atoms with E-state index in [-0.39, 0.29) is 6.03 Å². The van der Waals surface area contributed by atoms with E-state index in [9.17, 15) is 9.59 Å². The third kappa shape index (κ3) is 2.79. The summed E-state index contributed by atoms with van der Waals surface area (Å²) >= 11 is 0. The van der Waals surface area contributed by atoms with Crippen LogP contribution in [0.5, 0.6) is 0 Å². The standard InChI is InChI=1S/C11H18N4O3/c1-11(2,9(16)17)15(4)10(18)14(3)7-8-5-12-13-6-8/h5-6H,7H2,1-4H3,(H,12,13)(H,16,17). The molecule has 0 radical (unpaired) electrons. The molecule has 0 spiro atoms. The van der Waals surface area contributed by atoms with Crippen LogP contribution in [0.15, 0.2) is 12.4 Å². The molecule has 0 bridgehead atoms. The van der Waals surface area contributed by atoms with Crippen molar-refractivity contribution in [2.45, 2.75) is 25.9 Å². The predicted molar refractivity (Wildman–Crippen MR) is 64.9 cm³/mol. The summed E-state index contributed by atoms with van der Waals surface area (Å²) in [4.78, 5) is 25.8. The number of hydrogen-bond acceptors (Lipinski definition) is 3. The molecule has 0 aliphatic carbocycles. The van der Waals surface area contributed by atoms with E-state index in [2.05, 4.69) is 10.2 Å². The number of urea groups is 1. The fourth-order valence-corrected chi connectivity index (χ4v) is 1.34. The van der Waals surface area contributed by atoms with E-state index in [0.717, 1.165) is 5.56 Å². The molecule has 1 heterocycles. The van der Waals surface area contributed by atoms with Crippen molar-refractivity contribution in [2.75, 3.05) is 14.1 Å². The van der Waals surface area contributed by atoms with E-state index in [4.69, 9.17) is 5.11 Å². The van der Waals surface area contributed by atoms with Gasteiger partial charge in [-0.3, -0.25) is 5.10 Å². The second kappa shape index (κ2) is 5.07. The smallest absolute Gasteiger partial charge is 0.329 e. The minimum absolute atomic E-state index is 0.358. The van der Waals surface area contributed by atoms with Crippen LogP contribution in [0.25, 0.3) is 0 Å². The summed E-state index contributed by atoms with van der Waals surface area (Å²) in [5.74, 6) is -1.05. The summed E-state index contributed by atoms with van der Waals surface area (Å²) in [6.45, 7) is 3.34. The van der Waals surface area contributed by atoms with Crippen molar-refractivity contribution in [1.82, 2.24) is 20.0 Å². The molecule has 7 heteroatoms. The normalized spacial score (nSPS) is 11.1. The van der Waals surface area contributed by atoms with Crippen LogP contribution in [0.3, 0.4) is 0 Å². The highest BCUT2D eigenvalue weighted by Gasteiger charge is 2.36. The zero-order valence-corrected chi connectivity index (χ0v) is 11.0. The highest BCUT2D eigenvalue weighted by molar-refractivity contribution is 5.85. The number of H-pyrrole nitrogens is 1. The molecule has 7 nitrogen and oxygen atoms in total. The van der Waals surface area contributed by atoms with Gasteiger partial charge in [0.15, 0.2) is 0 Å². The van der Waals surface area contributed by atoms with Crippen LogP contribution in [-0.2, 0) is 11.3 Å². The summed E-state index contributed by atoms with van der Waals surface area (Å²) < 4.78 is 0. The number of rotatable bonds is 4. The molecule has 0 aliphatic rings. The average Bonchev–Trinajstić information content (AvgIpc) is 2.79. The molecule has 1 aromatic heterocycles. The number of carboxylic acids is 1. The van der Waals surface area contributed by atoms with Gasteiger partial charge in [-0.15, -0.1) is 0 Å². The van der Waals surface area contributed by atoms with Gasteiger partial charge in [0.05, 0.1) is 12.7 Å². The van der Waals surface area contributed by atoms with Crippen LogP contribution in [-0.4, -0.2) is 56.7 Å². The first-order chi connectivity index (χ1) is 8.26. The number of carboxylic acid groups (broad SMARTS) is 1. The van der Waals surface area contributed by atoms with Crippen molar-refractivity contribution >= 4 is 12.0 Å². The molecule has 1 rings (SSSR count). The van der Waals surface area contributed by atoms with Crippen LogP contribution in [0, 0.1) is 0 Å². The Bertz CT molecular complexity index is 428. The number of aromatic nitrogens is 2. The van der Waals surface area contributed by atoms with Gasteiger partial charge in [0, 0.05) is 25.9 Å². The van der Waals surface area contributed by atoms with Crippen molar-refractivity contribution in [2.24, 2.45) is 0 Å². The first-order valence-electron chi connectivity index (χ1n) is 5.46. The molecule has 2 amide bonds. The second-order valence-electron chi connectivity index (χ2n) is 4.67. The van der Waals surface area contributed by atoms with Crippen molar-refractivity contribution in [1.29, 1.82) is 0 Å². The molecule has 0 saturated carbocycles. The molecule has 0 saturated heterocycles. The van der Waals surface area contributed by atoms with Gasteiger partial charge in [-0.25, -0.2) is 9.59 Å². The molecule has 0 aliphatic heterocycles. The summed E-state index contributed by atoms with van der Waals surface area (Å²) in [6.07, 6.45) is 3.30. The topological polar surface area (TPSA) is 89.5 Å². The molecule has 1 aromatic rings. The second-order valence-corrected chi connectivity index (χ2v) is 4.67. The Morgan fingerprint density at radius 1 is 1.44 bits per heavy atom. The lowest BCUT2D eigenvalue weighted by molar-refractivity contribution is -0.147. The molecule has 100 valence electrons. The van der Waals surface area contributed by atoms with Gasteiger partial charge in [-0.05, 0) is 13.8 Å². The quantitative estimate of drug-likeness (QED) is 0.830. The lowest BCUT2D eigenvalue weighted by Crippen LogP contribution is -2.54. The Morgan fingerprint density at radius 3 is 2.50 bits per heavy atom. The van der Waals surface area contributed by atoms with Crippen LogP contribution in [0.4, 0.5) is 4.79 Å². The lowest BCUT2D eigenvalue weighted by atomic mass is 10.0. The van der Waals surface area contributed by atoms with E-state index in [0.29, 0.717) is 6.54 Å². The average molecular weight is 254 g/mol. The monoisotopic (exact) mass is 254 g/mol. The number of aliphatic carboxylic acids is 1. The van der Waals surface area contributed by atoms with E-state index in [1.165, 1.54) is 30.7 Å². The number of amides is 2. The van der Waals surface area contributed by atoms with Crippen LogP contribution < -0.4 is 0 Å².